The molecule has 0 spiro atoms. The second-order valence-electron chi connectivity index (χ2n) is 6.60. The second kappa shape index (κ2) is 8.73. The smallest absolute Gasteiger partial charge is 0.329 e. The minimum Gasteiger partial charge on any atom is -0.396 e. The van der Waals surface area contributed by atoms with E-state index in [1.54, 1.807) is 4.57 Å². The summed E-state index contributed by atoms with van der Waals surface area (Å²) in [4.78, 5) is 28.3. The van der Waals surface area contributed by atoms with Gasteiger partial charge >= 0.3 is 5.69 Å². The number of aromatic amines is 1. The lowest BCUT2D eigenvalue weighted by Gasteiger charge is -2.17. The van der Waals surface area contributed by atoms with Crippen molar-refractivity contribution in [3.05, 3.63) is 67.9 Å². The molecule has 1 aromatic carbocycles. The molecule has 1 aromatic heterocycles. The molecule has 27 heavy (non-hydrogen) atoms. The zero-order chi connectivity index (χ0) is 19.4. The summed E-state index contributed by atoms with van der Waals surface area (Å²) in [5, 5.41) is 19.9. The van der Waals surface area contributed by atoms with E-state index in [0.29, 0.717) is 23.6 Å². The van der Waals surface area contributed by atoms with Crippen LogP contribution in [0.5, 0.6) is 0 Å². The van der Waals surface area contributed by atoms with Gasteiger partial charge in [-0.25, -0.2) is 4.79 Å². The van der Waals surface area contributed by atoms with Gasteiger partial charge in [-0.2, -0.15) is 0 Å². The molecule has 0 aliphatic heterocycles. The fourth-order valence-electron chi connectivity index (χ4n) is 3.55. The summed E-state index contributed by atoms with van der Waals surface area (Å²) >= 11 is 1.40. The largest absolute Gasteiger partial charge is 0.396 e. The third kappa shape index (κ3) is 4.10. The van der Waals surface area contributed by atoms with Crippen molar-refractivity contribution in [3.63, 3.8) is 0 Å². The van der Waals surface area contributed by atoms with Crippen LogP contribution >= 0.6 is 11.8 Å². The molecule has 6 nitrogen and oxygen atoms in total. The molecule has 0 saturated heterocycles. The van der Waals surface area contributed by atoms with Gasteiger partial charge in [0.05, 0.1) is 11.6 Å². The van der Waals surface area contributed by atoms with E-state index in [-0.39, 0.29) is 24.7 Å². The quantitative estimate of drug-likeness (QED) is 0.498. The third-order valence-corrected chi connectivity index (χ3v) is 6.20. The molecule has 1 atom stereocenters. The highest BCUT2D eigenvalue weighted by atomic mass is 32.2. The maximum atomic E-state index is 12.6. The van der Waals surface area contributed by atoms with Crippen LogP contribution in [0.4, 0.5) is 0 Å². The van der Waals surface area contributed by atoms with E-state index in [0.717, 1.165) is 28.9 Å². The number of allylic oxidation sites excluding steroid dienone is 1. The highest BCUT2D eigenvalue weighted by Gasteiger charge is 2.26. The fourth-order valence-corrected chi connectivity index (χ4v) is 4.68. The van der Waals surface area contributed by atoms with Crippen molar-refractivity contribution in [2.24, 2.45) is 5.92 Å². The standard InChI is InChI=1S/C20H24N2O4S/c1-2-16-18(25)21-20(26)22(19(16)27-15-6-4-3-5-7-15)10-13-8-9-14(11-23)17(13)12-24/h3-7,14,23-24H,2,8-12H2,1H3,(H,21,25,26). The molecule has 0 radical (unpaired) electrons. The van der Waals surface area contributed by atoms with Crippen LogP contribution in [0.2, 0.25) is 0 Å². The van der Waals surface area contributed by atoms with Crippen LogP contribution in [0.3, 0.4) is 0 Å². The van der Waals surface area contributed by atoms with Crippen molar-refractivity contribution < 1.29 is 10.2 Å². The van der Waals surface area contributed by atoms with E-state index < -0.39 is 5.69 Å². The first kappa shape index (κ1) is 19.7. The van der Waals surface area contributed by atoms with Gasteiger partial charge in [0.2, 0.25) is 0 Å². The predicted molar refractivity (Wildman–Crippen MR) is 105 cm³/mol. The predicted octanol–water partition coefficient (Wildman–Crippen LogP) is 1.94. The van der Waals surface area contributed by atoms with E-state index in [1.165, 1.54) is 11.8 Å². The Morgan fingerprint density at radius 1 is 1.22 bits per heavy atom. The van der Waals surface area contributed by atoms with Gasteiger partial charge in [0, 0.05) is 29.5 Å². The first-order valence-corrected chi connectivity index (χ1v) is 9.92. The van der Waals surface area contributed by atoms with Crippen LogP contribution in [0.1, 0.15) is 25.3 Å². The molecular weight excluding hydrogens is 364 g/mol. The highest BCUT2D eigenvalue weighted by Crippen LogP contribution is 2.34. The van der Waals surface area contributed by atoms with E-state index in [4.69, 9.17) is 0 Å². The SMILES string of the molecule is CCc1c(Sc2ccccc2)n(CC2=C(CO)C(CO)CC2)c(=O)[nH]c1=O. The molecule has 0 amide bonds. The molecule has 1 heterocycles. The van der Waals surface area contributed by atoms with Crippen LogP contribution in [-0.2, 0) is 13.0 Å². The van der Waals surface area contributed by atoms with E-state index in [9.17, 15) is 19.8 Å². The van der Waals surface area contributed by atoms with Gasteiger partial charge in [-0.15, -0.1) is 0 Å². The van der Waals surface area contributed by atoms with Gasteiger partial charge in [0.1, 0.15) is 0 Å². The highest BCUT2D eigenvalue weighted by molar-refractivity contribution is 7.99. The monoisotopic (exact) mass is 388 g/mol. The number of hydrogen-bond acceptors (Lipinski definition) is 5. The molecule has 3 N–H and O–H groups in total. The maximum absolute atomic E-state index is 12.6. The number of hydrogen-bond donors (Lipinski definition) is 3. The number of nitrogens with one attached hydrogen (secondary N) is 1. The molecule has 3 rings (SSSR count). The Bertz CT molecular complexity index is 947. The van der Waals surface area contributed by atoms with Gasteiger partial charge < -0.3 is 10.2 Å². The summed E-state index contributed by atoms with van der Waals surface area (Å²) in [5.74, 6) is -0.0562. The lowest BCUT2D eigenvalue weighted by Crippen LogP contribution is -2.34. The van der Waals surface area contributed by atoms with E-state index in [1.807, 2.05) is 37.3 Å². The summed E-state index contributed by atoms with van der Waals surface area (Å²) in [5.41, 5.74) is 1.54. The lowest BCUT2D eigenvalue weighted by atomic mass is 10.0. The summed E-state index contributed by atoms with van der Waals surface area (Å²) < 4.78 is 1.59. The average molecular weight is 388 g/mol. The molecule has 1 aliphatic rings. The Morgan fingerprint density at radius 2 is 1.96 bits per heavy atom. The van der Waals surface area contributed by atoms with Crippen LogP contribution in [0, 0.1) is 5.92 Å². The van der Waals surface area contributed by atoms with E-state index >= 15 is 0 Å². The fraction of sp³-hybridized carbons (Fsp3) is 0.400. The minimum absolute atomic E-state index is 0.00819. The third-order valence-electron chi connectivity index (χ3n) is 5.04. The lowest BCUT2D eigenvalue weighted by molar-refractivity contribution is 0.228. The van der Waals surface area contributed by atoms with Crippen LogP contribution in [0.25, 0.3) is 0 Å². The molecule has 1 unspecified atom stereocenters. The Labute approximate surface area is 161 Å². The number of rotatable bonds is 7. The van der Waals surface area contributed by atoms with Crippen LogP contribution in [0.15, 0.2) is 61.0 Å². The number of benzene rings is 1. The molecular formula is C20H24N2O4S. The van der Waals surface area contributed by atoms with Gasteiger partial charge in [-0.05, 0) is 42.5 Å². The summed E-state index contributed by atoms with van der Waals surface area (Å²) in [7, 11) is 0. The molecule has 0 saturated carbocycles. The first-order chi connectivity index (χ1) is 13.1. The number of aliphatic hydroxyl groups excluding tert-OH is 2. The van der Waals surface area contributed by atoms with Crippen LogP contribution < -0.4 is 11.2 Å². The van der Waals surface area contributed by atoms with E-state index in [2.05, 4.69) is 4.98 Å². The average Bonchev–Trinajstić information content (AvgIpc) is 3.07. The molecule has 1 aliphatic carbocycles. The maximum Gasteiger partial charge on any atom is 0.329 e. The summed E-state index contributed by atoms with van der Waals surface area (Å²) in [6.07, 6.45) is 2.00. The van der Waals surface area contributed by atoms with Crippen molar-refractivity contribution in [1.29, 1.82) is 0 Å². The normalized spacial score (nSPS) is 16.9. The number of H-pyrrole nitrogens is 1. The summed E-state index contributed by atoms with van der Waals surface area (Å²) in [6, 6.07) is 9.63. The molecule has 2 aromatic rings. The summed E-state index contributed by atoms with van der Waals surface area (Å²) in [6.45, 7) is 2.07. The molecule has 0 fully saturated rings. The van der Waals surface area contributed by atoms with Crippen molar-refractivity contribution in [3.8, 4) is 0 Å². The zero-order valence-electron chi connectivity index (χ0n) is 15.3. The van der Waals surface area contributed by atoms with Crippen molar-refractivity contribution in [1.82, 2.24) is 9.55 Å². The van der Waals surface area contributed by atoms with Gasteiger partial charge in [0.15, 0.2) is 0 Å². The zero-order valence-corrected chi connectivity index (χ0v) is 16.1. The number of nitrogens with zero attached hydrogens (tertiary/aromatic N) is 1. The number of aromatic nitrogens is 2. The van der Waals surface area contributed by atoms with Gasteiger partial charge in [-0.3, -0.25) is 14.3 Å². The second-order valence-corrected chi connectivity index (χ2v) is 7.67. The Kier molecular flexibility index (Phi) is 6.36. The molecule has 0 bridgehead atoms. The van der Waals surface area contributed by atoms with Crippen molar-refractivity contribution in [2.75, 3.05) is 13.2 Å². The Morgan fingerprint density at radius 3 is 2.59 bits per heavy atom. The number of aliphatic hydroxyl groups is 2. The van der Waals surface area contributed by atoms with Crippen LogP contribution in [-0.4, -0.2) is 33.0 Å². The van der Waals surface area contributed by atoms with Crippen molar-refractivity contribution >= 4 is 11.8 Å². The van der Waals surface area contributed by atoms with Gasteiger partial charge in [0.25, 0.3) is 5.56 Å². The molecule has 7 heteroatoms. The van der Waals surface area contributed by atoms with Gasteiger partial charge in [-0.1, -0.05) is 36.9 Å². The molecule has 144 valence electrons. The Hall–Kier alpha value is -2.09. The first-order valence-electron chi connectivity index (χ1n) is 9.10. The topological polar surface area (TPSA) is 95.3 Å². The minimum atomic E-state index is -0.451. The van der Waals surface area contributed by atoms with Crippen molar-refractivity contribution in [2.45, 2.75) is 42.7 Å². The Balaban J connectivity index is 2.09.